The third-order valence-electron chi connectivity index (χ3n) is 6.00. The van der Waals surface area contributed by atoms with Gasteiger partial charge in [0.2, 0.25) is 0 Å². The summed E-state index contributed by atoms with van der Waals surface area (Å²) >= 11 is 0. The molecular weight excluding hydrogens is 376 g/mol. The first-order chi connectivity index (χ1) is 13.2. The zero-order chi connectivity index (χ0) is 18.9. The molecule has 1 amide bonds. The molecule has 0 unspecified atom stereocenters. The van der Waals surface area contributed by atoms with Gasteiger partial charge in [-0.25, -0.2) is 9.97 Å². The Hall–Kier alpha value is -2.02. The van der Waals surface area contributed by atoms with Crippen LogP contribution in [-0.2, 0) is 16.6 Å². The highest BCUT2D eigenvalue weighted by Crippen LogP contribution is 2.51. The molecule has 1 aliphatic heterocycles. The normalized spacial score (nSPS) is 22.4. The molecule has 1 aromatic carbocycles. The molecular formula is C21H27ClN4O2. The Balaban J connectivity index is 0.00000225. The first-order valence-corrected chi connectivity index (χ1v) is 9.64. The third-order valence-corrected chi connectivity index (χ3v) is 6.00. The number of nitrogens with zero attached hydrogens (tertiary/aromatic N) is 2. The summed E-state index contributed by atoms with van der Waals surface area (Å²) in [5.41, 5.74) is 2.88. The van der Waals surface area contributed by atoms with Gasteiger partial charge in [0, 0.05) is 31.3 Å². The second-order valence-corrected chi connectivity index (χ2v) is 7.34. The van der Waals surface area contributed by atoms with Gasteiger partial charge in [0.05, 0.1) is 17.7 Å². The average Bonchev–Trinajstić information content (AvgIpc) is 2.97. The number of methoxy groups -OCH3 is 1. The maximum atomic E-state index is 12.9. The Morgan fingerprint density at radius 3 is 2.57 bits per heavy atom. The van der Waals surface area contributed by atoms with E-state index in [0.717, 1.165) is 43.7 Å². The molecule has 0 saturated carbocycles. The van der Waals surface area contributed by atoms with Crippen molar-refractivity contribution in [2.75, 3.05) is 20.2 Å². The van der Waals surface area contributed by atoms with Crippen molar-refractivity contribution in [2.24, 2.45) is 0 Å². The van der Waals surface area contributed by atoms with Crippen molar-refractivity contribution in [3.8, 4) is 0 Å². The molecule has 2 aromatic rings. The van der Waals surface area contributed by atoms with Gasteiger partial charge in [-0.3, -0.25) is 4.79 Å². The van der Waals surface area contributed by atoms with E-state index in [4.69, 9.17) is 4.74 Å². The summed E-state index contributed by atoms with van der Waals surface area (Å²) < 4.78 is 6.00. The molecule has 28 heavy (non-hydrogen) atoms. The number of rotatable bonds is 4. The van der Waals surface area contributed by atoms with Crippen LogP contribution in [0.3, 0.4) is 0 Å². The molecule has 0 radical (unpaired) electrons. The highest BCUT2D eigenvalue weighted by Gasteiger charge is 2.53. The fourth-order valence-electron chi connectivity index (χ4n) is 4.68. The molecule has 1 saturated heterocycles. The number of amides is 1. The van der Waals surface area contributed by atoms with E-state index in [0.29, 0.717) is 5.56 Å². The van der Waals surface area contributed by atoms with Gasteiger partial charge in [-0.15, -0.1) is 12.4 Å². The van der Waals surface area contributed by atoms with Crippen LogP contribution in [0.15, 0.2) is 36.7 Å². The first-order valence-electron chi connectivity index (χ1n) is 9.64. The topological polar surface area (TPSA) is 76.1 Å². The van der Waals surface area contributed by atoms with Crippen LogP contribution in [0.1, 0.15) is 53.1 Å². The van der Waals surface area contributed by atoms with Crippen molar-refractivity contribution in [3.63, 3.8) is 0 Å². The maximum Gasteiger partial charge on any atom is 0.254 e. The van der Waals surface area contributed by atoms with Crippen molar-refractivity contribution >= 4 is 18.3 Å². The molecule has 0 bridgehead atoms. The minimum absolute atomic E-state index is 0. The van der Waals surface area contributed by atoms with Gasteiger partial charge < -0.3 is 15.4 Å². The molecule has 7 heteroatoms. The number of aryl methyl sites for hydroxylation is 1. The smallest absolute Gasteiger partial charge is 0.254 e. The van der Waals surface area contributed by atoms with Gasteiger partial charge in [-0.05, 0) is 37.1 Å². The fourth-order valence-corrected chi connectivity index (χ4v) is 4.68. The number of fused-ring (bicyclic) bond motifs is 2. The Bertz CT molecular complexity index is 821. The highest BCUT2D eigenvalue weighted by atomic mass is 35.5. The van der Waals surface area contributed by atoms with Gasteiger partial charge in [-0.2, -0.15) is 0 Å². The molecule has 2 heterocycles. The third kappa shape index (κ3) is 3.41. The van der Waals surface area contributed by atoms with Crippen LogP contribution in [0.4, 0.5) is 0 Å². The lowest BCUT2D eigenvalue weighted by atomic mass is 9.72. The molecule has 4 rings (SSSR count). The van der Waals surface area contributed by atoms with E-state index >= 15 is 0 Å². The molecule has 2 aliphatic rings. The summed E-state index contributed by atoms with van der Waals surface area (Å²) in [5.74, 6) is 0.576. The fraction of sp³-hybridized carbons (Fsp3) is 0.476. The van der Waals surface area contributed by atoms with E-state index in [2.05, 4.69) is 38.8 Å². The lowest BCUT2D eigenvalue weighted by Gasteiger charge is -2.40. The number of benzene rings is 1. The maximum absolute atomic E-state index is 12.9. The molecule has 1 aromatic heterocycles. The summed E-state index contributed by atoms with van der Waals surface area (Å²) in [6.45, 7) is 3.91. The van der Waals surface area contributed by atoms with E-state index in [1.165, 1.54) is 5.56 Å². The summed E-state index contributed by atoms with van der Waals surface area (Å²) in [7, 11) is 1.75. The molecule has 6 nitrogen and oxygen atoms in total. The summed E-state index contributed by atoms with van der Waals surface area (Å²) in [4.78, 5) is 21.4. The lowest BCUT2D eigenvalue weighted by Crippen LogP contribution is -2.49. The number of hydrogen-bond acceptors (Lipinski definition) is 5. The first kappa shape index (κ1) is 20.7. The van der Waals surface area contributed by atoms with Gasteiger partial charge in [-0.1, -0.05) is 31.2 Å². The molecule has 150 valence electrons. The molecule has 1 fully saturated rings. The quantitative estimate of drug-likeness (QED) is 0.822. The van der Waals surface area contributed by atoms with Gasteiger partial charge >= 0.3 is 0 Å². The Labute approximate surface area is 171 Å². The highest BCUT2D eigenvalue weighted by molar-refractivity contribution is 5.94. The van der Waals surface area contributed by atoms with Crippen molar-refractivity contribution in [2.45, 2.75) is 43.7 Å². The van der Waals surface area contributed by atoms with Crippen molar-refractivity contribution < 1.29 is 9.53 Å². The van der Waals surface area contributed by atoms with Crippen LogP contribution < -0.4 is 10.6 Å². The van der Waals surface area contributed by atoms with Gasteiger partial charge in [0.15, 0.2) is 0 Å². The van der Waals surface area contributed by atoms with Gasteiger partial charge in [0.25, 0.3) is 5.91 Å². The Morgan fingerprint density at radius 2 is 1.93 bits per heavy atom. The van der Waals surface area contributed by atoms with Gasteiger partial charge in [0.1, 0.15) is 5.82 Å². The number of carbonyl (C=O) groups is 1. The van der Waals surface area contributed by atoms with Crippen LogP contribution in [-0.4, -0.2) is 42.2 Å². The number of piperidine rings is 1. The minimum Gasteiger partial charge on any atom is -0.378 e. The predicted octanol–water partition coefficient (Wildman–Crippen LogP) is 2.58. The predicted molar refractivity (Wildman–Crippen MR) is 110 cm³/mol. The van der Waals surface area contributed by atoms with Crippen LogP contribution in [0.5, 0.6) is 0 Å². The molecule has 2 N–H and O–H groups in total. The van der Waals surface area contributed by atoms with Crippen molar-refractivity contribution in [1.29, 1.82) is 0 Å². The lowest BCUT2D eigenvalue weighted by molar-refractivity contribution is 0.00396. The zero-order valence-electron chi connectivity index (χ0n) is 16.3. The average molecular weight is 403 g/mol. The molecule has 1 aliphatic carbocycles. The number of ether oxygens (including phenoxy) is 1. The van der Waals surface area contributed by atoms with Crippen LogP contribution in [0, 0.1) is 0 Å². The zero-order valence-corrected chi connectivity index (χ0v) is 17.1. The number of hydrogen-bond donors (Lipinski definition) is 2. The van der Waals surface area contributed by atoms with Crippen LogP contribution >= 0.6 is 12.4 Å². The summed E-state index contributed by atoms with van der Waals surface area (Å²) in [6, 6.07) is 8.24. The van der Waals surface area contributed by atoms with Crippen LogP contribution in [0.2, 0.25) is 0 Å². The Morgan fingerprint density at radius 1 is 1.25 bits per heavy atom. The van der Waals surface area contributed by atoms with E-state index in [9.17, 15) is 4.79 Å². The molecule has 2 atom stereocenters. The minimum atomic E-state index is -0.178. The number of carbonyl (C=O) groups excluding carboxylic acids is 1. The molecule has 1 spiro atoms. The number of nitrogens with one attached hydrogen (secondary N) is 2. The number of halogens is 1. The summed E-state index contributed by atoms with van der Waals surface area (Å²) in [5, 5.41) is 6.64. The SMILES string of the molecule is CCc1ncc(C(=O)N[C@@H]2c3ccccc3C3(CCNCC3)[C@H]2OC)cn1.Cl. The van der Waals surface area contributed by atoms with E-state index in [1.54, 1.807) is 19.5 Å². The van der Waals surface area contributed by atoms with Crippen molar-refractivity contribution in [3.05, 3.63) is 59.2 Å². The standard InChI is InChI=1S/C21H26N4O2.ClH/c1-3-17-23-12-14(13-24-17)20(26)25-18-15-6-4-5-7-16(15)21(19(18)27-2)8-10-22-11-9-21;/h4-7,12-13,18-19,22H,3,8-11H2,1-2H3,(H,25,26);1H/t18-,19+;/m1./s1. The number of aromatic nitrogens is 2. The van der Waals surface area contributed by atoms with Crippen LogP contribution in [0.25, 0.3) is 0 Å². The van der Waals surface area contributed by atoms with E-state index in [1.807, 2.05) is 13.0 Å². The summed E-state index contributed by atoms with van der Waals surface area (Å²) in [6.07, 6.45) is 5.87. The van der Waals surface area contributed by atoms with Crippen molar-refractivity contribution in [1.82, 2.24) is 20.6 Å². The monoisotopic (exact) mass is 402 g/mol. The van der Waals surface area contributed by atoms with E-state index in [-0.39, 0.29) is 35.9 Å². The van der Waals surface area contributed by atoms with E-state index < -0.39 is 0 Å². The second kappa shape index (κ2) is 8.55. The Kier molecular flexibility index (Phi) is 6.33. The second-order valence-electron chi connectivity index (χ2n) is 7.34. The largest absolute Gasteiger partial charge is 0.378 e.